The van der Waals surface area contributed by atoms with Gasteiger partial charge in [0.2, 0.25) is 5.90 Å². The molecule has 0 radical (unpaired) electrons. The highest BCUT2D eigenvalue weighted by Gasteiger charge is 2.20. The molecule has 1 N–H and O–H groups in total. The molecule has 0 saturated heterocycles. The molecule has 0 fully saturated rings. The van der Waals surface area contributed by atoms with Crippen LogP contribution in [-0.4, -0.2) is 30.3 Å². The molecule has 0 amide bonds. The van der Waals surface area contributed by atoms with Gasteiger partial charge in [0, 0.05) is 4.47 Å². The summed E-state index contributed by atoms with van der Waals surface area (Å²) >= 11 is 3.42. The van der Waals surface area contributed by atoms with Crippen LogP contribution >= 0.6 is 15.9 Å². The van der Waals surface area contributed by atoms with Crippen molar-refractivity contribution in [1.29, 1.82) is 0 Å². The predicted octanol–water partition coefficient (Wildman–Crippen LogP) is 1.59. The Hall–Kier alpha value is -0.870. The van der Waals surface area contributed by atoms with Crippen LogP contribution in [0.15, 0.2) is 33.7 Å². The summed E-state index contributed by atoms with van der Waals surface area (Å²) < 4.78 is 6.34. The van der Waals surface area contributed by atoms with Gasteiger partial charge in [-0.2, -0.15) is 0 Å². The molecule has 1 atom stereocenters. The highest BCUT2D eigenvalue weighted by Crippen LogP contribution is 2.20. The first kappa shape index (κ1) is 9.68. The zero-order valence-electron chi connectivity index (χ0n) is 7.48. The molecule has 74 valence electrons. The second kappa shape index (κ2) is 4.11. The highest BCUT2D eigenvalue weighted by molar-refractivity contribution is 9.10. The van der Waals surface area contributed by atoms with E-state index in [0.29, 0.717) is 12.5 Å². The molecule has 0 saturated carbocycles. The average Bonchev–Trinajstić information content (AvgIpc) is 2.67. The number of benzene rings is 1. The standard InChI is InChI=1S/C10H10BrNO2/c11-9-4-2-1-3-8(9)10-12-7(5-13)6-14-10/h1-4,7,13H,5-6H2. The van der Waals surface area contributed by atoms with Crippen LogP contribution in [0, 0.1) is 0 Å². The lowest BCUT2D eigenvalue weighted by Crippen LogP contribution is -2.10. The van der Waals surface area contributed by atoms with Crippen molar-refractivity contribution < 1.29 is 9.84 Å². The van der Waals surface area contributed by atoms with Gasteiger partial charge >= 0.3 is 0 Å². The SMILES string of the molecule is OCC1COC(c2ccccc2Br)=N1. The van der Waals surface area contributed by atoms with Crippen molar-refractivity contribution in [2.75, 3.05) is 13.2 Å². The van der Waals surface area contributed by atoms with Gasteiger partial charge in [0.1, 0.15) is 12.6 Å². The fourth-order valence-corrected chi connectivity index (χ4v) is 1.75. The van der Waals surface area contributed by atoms with E-state index >= 15 is 0 Å². The van der Waals surface area contributed by atoms with E-state index in [4.69, 9.17) is 9.84 Å². The third-order valence-corrected chi connectivity index (χ3v) is 2.72. The third-order valence-electron chi connectivity index (χ3n) is 2.03. The summed E-state index contributed by atoms with van der Waals surface area (Å²) in [5.74, 6) is 0.608. The van der Waals surface area contributed by atoms with E-state index < -0.39 is 0 Å². The van der Waals surface area contributed by atoms with E-state index in [0.717, 1.165) is 10.0 Å². The molecule has 3 nitrogen and oxygen atoms in total. The highest BCUT2D eigenvalue weighted by atomic mass is 79.9. The Kier molecular flexibility index (Phi) is 2.84. The van der Waals surface area contributed by atoms with Gasteiger partial charge in [-0.3, -0.25) is 0 Å². The Labute approximate surface area is 90.6 Å². The number of ether oxygens (including phenoxy) is 1. The Balaban J connectivity index is 2.28. The summed E-state index contributed by atoms with van der Waals surface area (Å²) in [5, 5.41) is 8.90. The molecule has 2 rings (SSSR count). The predicted molar refractivity (Wildman–Crippen MR) is 57.5 cm³/mol. The molecule has 14 heavy (non-hydrogen) atoms. The van der Waals surface area contributed by atoms with Crippen LogP contribution in [0.4, 0.5) is 0 Å². The molecule has 1 aliphatic rings. The Morgan fingerprint density at radius 3 is 2.93 bits per heavy atom. The summed E-state index contributed by atoms with van der Waals surface area (Å²) in [4.78, 5) is 4.25. The number of nitrogens with zero attached hydrogens (tertiary/aromatic N) is 1. The van der Waals surface area contributed by atoms with Crippen LogP contribution in [0.2, 0.25) is 0 Å². The smallest absolute Gasteiger partial charge is 0.217 e. The Morgan fingerprint density at radius 2 is 2.29 bits per heavy atom. The first-order valence-corrected chi connectivity index (χ1v) is 5.17. The van der Waals surface area contributed by atoms with Gasteiger partial charge < -0.3 is 9.84 Å². The van der Waals surface area contributed by atoms with E-state index in [1.165, 1.54) is 0 Å². The molecule has 0 aromatic heterocycles. The maximum absolute atomic E-state index is 8.90. The van der Waals surface area contributed by atoms with Gasteiger partial charge in [-0.25, -0.2) is 4.99 Å². The van der Waals surface area contributed by atoms with Crippen molar-refractivity contribution in [2.24, 2.45) is 4.99 Å². The molecule has 1 heterocycles. The molecule has 1 aliphatic heterocycles. The molecule has 0 spiro atoms. The van der Waals surface area contributed by atoms with Crippen LogP contribution in [0.3, 0.4) is 0 Å². The van der Waals surface area contributed by atoms with Crippen molar-refractivity contribution in [3.63, 3.8) is 0 Å². The average molecular weight is 256 g/mol. The topological polar surface area (TPSA) is 41.8 Å². The zero-order valence-corrected chi connectivity index (χ0v) is 9.07. The monoisotopic (exact) mass is 255 g/mol. The van der Waals surface area contributed by atoms with Crippen LogP contribution < -0.4 is 0 Å². The van der Waals surface area contributed by atoms with Crippen molar-refractivity contribution in [2.45, 2.75) is 6.04 Å². The van der Waals surface area contributed by atoms with Crippen LogP contribution in [0.25, 0.3) is 0 Å². The molecule has 0 aliphatic carbocycles. The van der Waals surface area contributed by atoms with Crippen LogP contribution in [-0.2, 0) is 4.74 Å². The fraction of sp³-hybridized carbons (Fsp3) is 0.300. The number of aliphatic hydroxyl groups excluding tert-OH is 1. The fourth-order valence-electron chi connectivity index (χ4n) is 1.29. The lowest BCUT2D eigenvalue weighted by molar-refractivity contribution is 0.227. The van der Waals surface area contributed by atoms with E-state index in [1.807, 2.05) is 24.3 Å². The number of halogens is 1. The molecule has 0 bridgehead atoms. The van der Waals surface area contributed by atoms with Gasteiger partial charge in [0.25, 0.3) is 0 Å². The molecule has 1 unspecified atom stereocenters. The van der Waals surface area contributed by atoms with Crippen molar-refractivity contribution in [1.82, 2.24) is 0 Å². The maximum atomic E-state index is 8.90. The van der Waals surface area contributed by atoms with E-state index in [2.05, 4.69) is 20.9 Å². The largest absolute Gasteiger partial charge is 0.475 e. The van der Waals surface area contributed by atoms with Gasteiger partial charge in [-0.05, 0) is 28.1 Å². The number of rotatable bonds is 2. The first-order valence-electron chi connectivity index (χ1n) is 4.37. The van der Waals surface area contributed by atoms with Gasteiger partial charge in [0.15, 0.2) is 0 Å². The van der Waals surface area contributed by atoms with Crippen molar-refractivity contribution >= 4 is 21.8 Å². The summed E-state index contributed by atoms with van der Waals surface area (Å²) in [6, 6.07) is 7.62. The van der Waals surface area contributed by atoms with Crippen LogP contribution in [0.5, 0.6) is 0 Å². The van der Waals surface area contributed by atoms with Crippen LogP contribution in [0.1, 0.15) is 5.56 Å². The lowest BCUT2D eigenvalue weighted by atomic mass is 10.2. The Bertz CT molecular complexity index is 365. The third kappa shape index (κ3) is 1.81. The first-order chi connectivity index (χ1) is 6.81. The lowest BCUT2D eigenvalue weighted by Gasteiger charge is -2.02. The molecular formula is C10H10BrNO2. The molecule has 1 aromatic carbocycles. The summed E-state index contributed by atoms with van der Waals surface area (Å²) in [6.07, 6.45) is 0. The second-order valence-electron chi connectivity index (χ2n) is 3.06. The molecule has 4 heteroatoms. The van der Waals surface area contributed by atoms with E-state index in [1.54, 1.807) is 0 Å². The minimum Gasteiger partial charge on any atom is -0.475 e. The maximum Gasteiger partial charge on any atom is 0.217 e. The van der Waals surface area contributed by atoms with Gasteiger partial charge in [-0.15, -0.1) is 0 Å². The normalized spacial score (nSPS) is 20.4. The number of aliphatic imine (C=N–C) groups is 1. The number of hydrogen-bond acceptors (Lipinski definition) is 3. The summed E-state index contributed by atoms with van der Waals surface area (Å²) in [5.41, 5.74) is 0.934. The van der Waals surface area contributed by atoms with E-state index in [-0.39, 0.29) is 12.6 Å². The number of aliphatic hydroxyl groups is 1. The minimum absolute atomic E-state index is 0.0357. The summed E-state index contributed by atoms with van der Waals surface area (Å²) in [6.45, 7) is 0.501. The van der Waals surface area contributed by atoms with E-state index in [9.17, 15) is 0 Å². The van der Waals surface area contributed by atoms with Crippen molar-refractivity contribution in [3.8, 4) is 0 Å². The van der Waals surface area contributed by atoms with Crippen molar-refractivity contribution in [3.05, 3.63) is 34.3 Å². The quantitative estimate of drug-likeness (QED) is 0.872. The zero-order chi connectivity index (χ0) is 9.97. The molecular weight excluding hydrogens is 246 g/mol. The minimum atomic E-state index is -0.114. The number of hydrogen-bond donors (Lipinski definition) is 1. The second-order valence-corrected chi connectivity index (χ2v) is 3.92. The van der Waals surface area contributed by atoms with Gasteiger partial charge in [-0.1, -0.05) is 12.1 Å². The Morgan fingerprint density at radius 1 is 1.50 bits per heavy atom. The molecule has 1 aromatic rings. The summed E-state index contributed by atoms with van der Waals surface area (Å²) in [7, 11) is 0. The van der Waals surface area contributed by atoms with Gasteiger partial charge in [0.05, 0.1) is 12.2 Å².